The molecule has 2 N–H and O–H groups in total. The maximum atomic E-state index is 13.7. The predicted molar refractivity (Wildman–Crippen MR) is 110 cm³/mol. The van der Waals surface area contributed by atoms with Gasteiger partial charge in [0, 0.05) is 19.0 Å². The molecule has 0 radical (unpaired) electrons. The first kappa shape index (κ1) is 20.8. The molecule has 1 aliphatic rings. The lowest BCUT2D eigenvalue weighted by Crippen LogP contribution is -2.55. The van der Waals surface area contributed by atoms with E-state index in [9.17, 15) is 9.18 Å². The Labute approximate surface area is 170 Å². The molecule has 0 aromatic heterocycles. The van der Waals surface area contributed by atoms with E-state index in [0.29, 0.717) is 17.9 Å². The summed E-state index contributed by atoms with van der Waals surface area (Å²) in [6.07, 6.45) is 0.564. The third kappa shape index (κ3) is 4.23. The summed E-state index contributed by atoms with van der Waals surface area (Å²) in [5.41, 5.74) is 1.30. The molecule has 3 rings (SSSR count). The Morgan fingerprint density at radius 3 is 2.59 bits per heavy atom. The smallest absolute Gasteiger partial charge is 0.255 e. The van der Waals surface area contributed by atoms with Gasteiger partial charge in [0.15, 0.2) is 0 Å². The van der Waals surface area contributed by atoms with Gasteiger partial charge >= 0.3 is 0 Å². The minimum Gasteiger partial charge on any atom is -0.496 e. The van der Waals surface area contributed by atoms with Crippen molar-refractivity contribution in [3.63, 3.8) is 0 Å². The maximum absolute atomic E-state index is 13.7. The van der Waals surface area contributed by atoms with Gasteiger partial charge in [-0.1, -0.05) is 0 Å². The van der Waals surface area contributed by atoms with E-state index < -0.39 is 17.3 Å². The van der Waals surface area contributed by atoms with Crippen molar-refractivity contribution >= 4 is 11.6 Å². The van der Waals surface area contributed by atoms with Crippen LogP contribution < -0.4 is 24.8 Å². The Kier molecular flexibility index (Phi) is 5.86. The van der Waals surface area contributed by atoms with E-state index in [1.165, 1.54) is 25.3 Å². The molecule has 7 heteroatoms. The molecular weight excluding hydrogens is 375 g/mol. The topological polar surface area (TPSA) is 68.8 Å². The van der Waals surface area contributed by atoms with Crippen LogP contribution in [0, 0.1) is 5.82 Å². The number of halogens is 1. The number of rotatable bonds is 6. The molecule has 1 amide bonds. The van der Waals surface area contributed by atoms with Crippen LogP contribution in [0.4, 0.5) is 10.1 Å². The highest BCUT2D eigenvalue weighted by Crippen LogP contribution is 2.40. The maximum Gasteiger partial charge on any atom is 0.255 e. The first-order valence-corrected chi connectivity index (χ1v) is 9.57. The molecule has 0 aliphatic carbocycles. The van der Waals surface area contributed by atoms with Crippen molar-refractivity contribution < 1.29 is 23.4 Å². The van der Waals surface area contributed by atoms with Gasteiger partial charge in [0.05, 0.1) is 31.5 Å². The Hall–Kier alpha value is -2.96. The zero-order chi connectivity index (χ0) is 21.2. The highest BCUT2D eigenvalue weighted by atomic mass is 19.1. The summed E-state index contributed by atoms with van der Waals surface area (Å²) in [6, 6.07) is 7.40. The van der Waals surface area contributed by atoms with Crippen LogP contribution in [0.1, 0.15) is 36.7 Å². The molecule has 0 saturated heterocycles. The largest absolute Gasteiger partial charge is 0.496 e. The Morgan fingerprint density at radius 2 is 1.93 bits per heavy atom. The summed E-state index contributed by atoms with van der Waals surface area (Å²) in [6.45, 7) is 6.58. The van der Waals surface area contributed by atoms with Crippen LogP contribution in [0.15, 0.2) is 30.3 Å². The van der Waals surface area contributed by atoms with Crippen molar-refractivity contribution in [2.75, 3.05) is 26.1 Å². The van der Waals surface area contributed by atoms with E-state index in [1.54, 1.807) is 7.11 Å². The molecule has 1 atom stereocenters. The number of carbonyl (C=O) groups is 1. The number of amides is 1. The lowest BCUT2D eigenvalue weighted by Gasteiger charge is -2.40. The standard InChI is InChI=1S/C22H27FN2O4/c1-6-24-16-9-13-10-20(22(2,3)29-18(13)12-19(16)28-5)25-21(26)15-11-14(23)7-8-17(15)27-4/h7-9,11-12,20,24H,6,10H2,1-5H3,(H,25,26). The zero-order valence-corrected chi connectivity index (χ0v) is 17.4. The van der Waals surface area contributed by atoms with Crippen LogP contribution in [0.3, 0.4) is 0 Å². The van der Waals surface area contributed by atoms with Gasteiger partial charge in [-0.2, -0.15) is 0 Å². The van der Waals surface area contributed by atoms with E-state index in [0.717, 1.165) is 23.5 Å². The second-order valence-electron chi connectivity index (χ2n) is 7.47. The first-order valence-electron chi connectivity index (χ1n) is 9.57. The van der Waals surface area contributed by atoms with Gasteiger partial charge in [-0.15, -0.1) is 0 Å². The summed E-state index contributed by atoms with van der Waals surface area (Å²) in [5, 5.41) is 6.26. The van der Waals surface area contributed by atoms with Crippen LogP contribution >= 0.6 is 0 Å². The third-order valence-electron chi connectivity index (χ3n) is 5.10. The number of nitrogens with one attached hydrogen (secondary N) is 2. The number of ether oxygens (including phenoxy) is 3. The lowest BCUT2D eigenvalue weighted by molar-refractivity contribution is 0.0437. The fourth-order valence-corrected chi connectivity index (χ4v) is 3.50. The summed E-state index contributed by atoms with van der Waals surface area (Å²) in [7, 11) is 3.06. The molecule has 156 valence electrons. The van der Waals surface area contributed by atoms with Gasteiger partial charge in [-0.05, 0) is 50.6 Å². The number of hydrogen-bond acceptors (Lipinski definition) is 5. The SMILES string of the molecule is CCNc1cc2c(cc1OC)OC(C)(C)C(NC(=O)c1cc(F)ccc1OC)C2. The van der Waals surface area contributed by atoms with E-state index in [-0.39, 0.29) is 11.6 Å². The molecule has 1 aliphatic heterocycles. The number of anilines is 1. The molecule has 0 bridgehead atoms. The molecule has 1 heterocycles. The average Bonchev–Trinajstić information content (AvgIpc) is 2.68. The number of fused-ring (bicyclic) bond motifs is 1. The molecular formula is C22H27FN2O4. The highest BCUT2D eigenvalue weighted by molar-refractivity contribution is 5.97. The van der Waals surface area contributed by atoms with Crippen LogP contribution in [-0.2, 0) is 6.42 Å². The van der Waals surface area contributed by atoms with Gasteiger partial charge < -0.3 is 24.8 Å². The van der Waals surface area contributed by atoms with Gasteiger partial charge in [0.2, 0.25) is 0 Å². The van der Waals surface area contributed by atoms with Crippen molar-refractivity contribution in [2.45, 2.75) is 38.8 Å². The third-order valence-corrected chi connectivity index (χ3v) is 5.10. The number of benzene rings is 2. The normalized spacial score (nSPS) is 17.0. The Bertz CT molecular complexity index is 914. The lowest BCUT2D eigenvalue weighted by atomic mass is 9.88. The molecule has 0 spiro atoms. The molecule has 2 aromatic carbocycles. The summed E-state index contributed by atoms with van der Waals surface area (Å²) in [4.78, 5) is 12.9. The van der Waals surface area contributed by atoms with Crippen LogP contribution in [0.25, 0.3) is 0 Å². The van der Waals surface area contributed by atoms with Crippen LogP contribution in [0.5, 0.6) is 17.2 Å². The van der Waals surface area contributed by atoms with Crippen molar-refractivity contribution in [2.24, 2.45) is 0 Å². The minimum atomic E-state index is -0.673. The van der Waals surface area contributed by atoms with Gasteiger partial charge in [0.25, 0.3) is 5.91 Å². The second kappa shape index (κ2) is 8.19. The molecule has 2 aromatic rings. The Morgan fingerprint density at radius 1 is 1.21 bits per heavy atom. The van der Waals surface area contributed by atoms with Crippen molar-refractivity contribution in [1.82, 2.24) is 5.32 Å². The zero-order valence-electron chi connectivity index (χ0n) is 17.4. The van der Waals surface area contributed by atoms with Gasteiger partial charge in [-0.25, -0.2) is 4.39 Å². The van der Waals surface area contributed by atoms with Crippen molar-refractivity contribution in [3.8, 4) is 17.2 Å². The summed E-state index contributed by atoms with van der Waals surface area (Å²) < 4.78 is 30.5. The summed E-state index contributed by atoms with van der Waals surface area (Å²) in [5.74, 6) is 0.837. The minimum absolute atomic E-state index is 0.150. The number of carbonyl (C=O) groups excluding carboxylic acids is 1. The summed E-state index contributed by atoms with van der Waals surface area (Å²) >= 11 is 0. The van der Waals surface area contributed by atoms with Gasteiger partial charge in [0.1, 0.15) is 28.7 Å². The van der Waals surface area contributed by atoms with E-state index in [2.05, 4.69) is 10.6 Å². The van der Waals surface area contributed by atoms with E-state index >= 15 is 0 Å². The molecule has 6 nitrogen and oxygen atoms in total. The Balaban J connectivity index is 1.89. The van der Waals surface area contributed by atoms with Crippen LogP contribution in [0.2, 0.25) is 0 Å². The molecule has 1 unspecified atom stereocenters. The number of hydrogen-bond donors (Lipinski definition) is 2. The van der Waals surface area contributed by atoms with Crippen molar-refractivity contribution in [1.29, 1.82) is 0 Å². The fraction of sp³-hybridized carbons (Fsp3) is 0.409. The van der Waals surface area contributed by atoms with Crippen LogP contribution in [-0.4, -0.2) is 38.3 Å². The molecule has 0 fully saturated rings. The number of methoxy groups -OCH3 is 2. The first-order chi connectivity index (χ1) is 13.8. The van der Waals surface area contributed by atoms with Gasteiger partial charge in [-0.3, -0.25) is 4.79 Å². The monoisotopic (exact) mass is 402 g/mol. The molecule has 29 heavy (non-hydrogen) atoms. The predicted octanol–water partition coefficient (Wildman–Crippen LogP) is 3.79. The highest BCUT2D eigenvalue weighted by Gasteiger charge is 2.39. The molecule has 0 saturated carbocycles. The quantitative estimate of drug-likeness (QED) is 0.770. The van der Waals surface area contributed by atoms with E-state index in [4.69, 9.17) is 14.2 Å². The van der Waals surface area contributed by atoms with Crippen molar-refractivity contribution in [3.05, 3.63) is 47.3 Å². The average molecular weight is 402 g/mol. The van der Waals surface area contributed by atoms with E-state index in [1.807, 2.05) is 32.9 Å². The fourth-order valence-electron chi connectivity index (χ4n) is 3.50. The second-order valence-corrected chi connectivity index (χ2v) is 7.47.